The molecule has 1 heterocycles. The Morgan fingerprint density at radius 3 is 2.47 bits per heavy atom. The summed E-state index contributed by atoms with van der Waals surface area (Å²) in [5.41, 5.74) is 5.79. The Balaban J connectivity index is 1.56. The average Bonchev–Trinajstić information content (AvgIpc) is 3.07. The van der Waals surface area contributed by atoms with Gasteiger partial charge in [-0.3, -0.25) is 4.79 Å². The zero-order valence-electron chi connectivity index (χ0n) is 17.6. The topological polar surface area (TPSA) is 44.8 Å². The molecule has 0 radical (unpaired) electrons. The van der Waals surface area contributed by atoms with Crippen LogP contribution in [0, 0.1) is 20.8 Å². The summed E-state index contributed by atoms with van der Waals surface area (Å²) in [5.74, 6) is 2.24. The maximum atomic E-state index is 12.8. The van der Waals surface area contributed by atoms with Crippen LogP contribution in [0.25, 0.3) is 6.08 Å². The lowest BCUT2D eigenvalue weighted by molar-refractivity contribution is 0.101. The highest BCUT2D eigenvalue weighted by Crippen LogP contribution is 2.39. The average molecular weight is 400 g/mol. The Labute approximate surface area is 176 Å². The molecule has 0 saturated heterocycles. The van der Waals surface area contributed by atoms with Gasteiger partial charge in [-0.1, -0.05) is 35.9 Å². The second-order valence-electron chi connectivity index (χ2n) is 7.50. The number of hydrogen-bond donors (Lipinski definition) is 0. The van der Waals surface area contributed by atoms with Crippen molar-refractivity contribution in [2.45, 2.75) is 27.4 Å². The predicted octanol–water partition coefficient (Wildman–Crippen LogP) is 5.82. The number of benzene rings is 3. The fourth-order valence-electron chi connectivity index (χ4n) is 3.49. The first kappa shape index (κ1) is 19.8. The number of carbonyl (C=O) groups excluding carboxylic acids is 1. The molecule has 30 heavy (non-hydrogen) atoms. The van der Waals surface area contributed by atoms with E-state index >= 15 is 0 Å². The summed E-state index contributed by atoms with van der Waals surface area (Å²) in [5, 5.41) is 0. The highest BCUT2D eigenvalue weighted by molar-refractivity contribution is 6.14. The van der Waals surface area contributed by atoms with E-state index in [0.717, 1.165) is 22.4 Å². The van der Waals surface area contributed by atoms with Crippen molar-refractivity contribution in [2.24, 2.45) is 0 Å². The molecule has 0 unspecified atom stereocenters. The van der Waals surface area contributed by atoms with Crippen molar-refractivity contribution in [1.82, 2.24) is 0 Å². The van der Waals surface area contributed by atoms with Gasteiger partial charge >= 0.3 is 0 Å². The molecule has 4 nitrogen and oxygen atoms in total. The summed E-state index contributed by atoms with van der Waals surface area (Å²) >= 11 is 0. The lowest BCUT2D eigenvalue weighted by Crippen LogP contribution is -2.00. The number of rotatable bonds is 5. The van der Waals surface area contributed by atoms with Crippen LogP contribution in [0.3, 0.4) is 0 Å². The van der Waals surface area contributed by atoms with E-state index in [2.05, 4.69) is 32.0 Å². The molecule has 0 fully saturated rings. The fourth-order valence-corrected chi connectivity index (χ4v) is 3.49. The minimum Gasteiger partial charge on any atom is -0.497 e. The van der Waals surface area contributed by atoms with Crippen molar-refractivity contribution in [3.8, 4) is 17.2 Å². The molecule has 0 saturated carbocycles. The maximum absolute atomic E-state index is 12.8. The number of methoxy groups -OCH3 is 1. The summed E-state index contributed by atoms with van der Waals surface area (Å²) < 4.78 is 17.2. The molecule has 0 aliphatic carbocycles. The van der Waals surface area contributed by atoms with Crippen molar-refractivity contribution in [1.29, 1.82) is 0 Å². The molecule has 0 amide bonds. The number of carbonyl (C=O) groups is 1. The number of hydrogen-bond acceptors (Lipinski definition) is 4. The van der Waals surface area contributed by atoms with Gasteiger partial charge in [0.05, 0.1) is 12.7 Å². The smallest absolute Gasteiger partial charge is 0.231 e. The van der Waals surface area contributed by atoms with E-state index in [1.54, 1.807) is 19.3 Å². The molecule has 0 aromatic heterocycles. The summed E-state index contributed by atoms with van der Waals surface area (Å²) in [6.45, 7) is 6.53. The van der Waals surface area contributed by atoms with Gasteiger partial charge in [0.25, 0.3) is 0 Å². The Bertz CT molecular complexity index is 1140. The molecule has 3 aromatic rings. The Hall–Kier alpha value is -3.53. The molecule has 0 atom stereocenters. The third-order valence-electron chi connectivity index (χ3n) is 5.34. The second kappa shape index (κ2) is 8.07. The number of ether oxygens (including phenoxy) is 3. The number of allylic oxidation sites excluding steroid dienone is 1. The second-order valence-corrected chi connectivity index (χ2v) is 7.50. The van der Waals surface area contributed by atoms with Crippen LogP contribution in [0.1, 0.15) is 38.2 Å². The molecular weight excluding hydrogens is 376 g/mol. The summed E-state index contributed by atoms with van der Waals surface area (Å²) in [6.07, 6.45) is 1.75. The molecule has 4 rings (SSSR count). The van der Waals surface area contributed by atoms with E-state index in [1.807, 2.05) is 37.3 Å². The van der Waals surface area contributed by atoms with Crippen LogP contribution in [0.4, 0.5) is 0 Å². The largest absolute Gasteiger partial charge is 0.497 e. The third-order valence-corrected chi connectivity index (χ3v) is 5.34. The third kappa shape index (κ3) is 3.81. The van der Waals surface area contributed by atoms with Gasteiger partial charge in [0, 0.05) is 5.56 Å². The van der Waals surface area contributed by atoms with Gasteiger partial charge in [0.15, 0.2) is 5.76 Å². The molecule has 1 aliphatic rings. The molecule has 0 N–H and O–H groups in total. The van der Waals surface area contributed by atoms with Crippen LogP contribution in [0.15, 0.2) is 60.4 Å². The first-order valence-electron chi connectivity index (χ1n) is 9.87. The minimum atomic E-state index is -0.120. The van der Waals surface area contributed by atoms with Gasteiger partial charge in [0.1, 0.15) is 23.9 Å². The van der Waals surface area contributed by atoms with Gasteiger partial charge in [-0.25, -0.2) is 0 Å². The van der Waals surface area contributed by atoms with Crippen LogP contribution in [0.2, 0.25) is 0 Å². The lowest BCUT2D eigenvalue weighted by Gasteiger charge is -2.13. The van der Waals surface area contributed by atoms with Crippen LogP contribution in [-0.2, 0) is 6.61 Å². The molecule has 0 spiro atoms. The minimum absolute atomic E-state index is 0.120. The normalized spacial score (nSPS) is 13.9. The number of aryl methyl sites for hydroxylation is 2. The zero-order chi connectivity index (χ0) is 21.3. The van der Waals surface area contributed by atoms with Crippen molar-refractivity contribution >= 4 is 11.9 Å². The van der Waals surface area contributed by atoms with Gasteiger partial charge in [-0.15, -0.1) is 0 Å². The Kier molecular flexibility index (Phi) is 5.32. The zero-order valence-corrected chi connectivity index (χ0v) is 17.6. The SMILES string of the molecule is COc1ccc(/C=C2\Oc3c(ccc(OCc4cc(C)ccc4C)c3C)C2=O)cc1. The predicted molar refractivity (Wildman–Crippen MR) is 117 cm³/mol. The lowest BCUT2D eigenvalue weighted by atomic mass is 10.0. The first-order valence-corrected chi connectivity index (χ1v) is 9.87. The van der Waals surface area contributed by atoms with Crippen LogP contribution in [0.5, 0.6) is 17.2 Å². The van der Waals surface area contributed by atoms with Crippen LogP contribution in [-0.4, -0.2) is 12.9 Å². The standard InChI is InChI=1S/C26H24O4/c1-16-5-6-17(2)20(13-16)15-29-23-12-11-22-25(27)24(30-26(22)18(23)3)14-19-7-9-21(28-4)10-8-19/h5-14H,15H2,1-4H3/b24-14-. The molecule has 1 aliphatic heterocycles. The van der Waals surface area contributed by atoms with E-state index in [-0.39, 0.29) is 5.78 Å². The fraction of sp³-hybridized carbons (Fsp3) is 0.192. The van der Waals surface area contributed by atoms with E-state index < -0.39 is 0 Å². The summed E-state index contributed by atoms with van der Waals surface area (Å²) in [7, 11) is 1.62. The van der Waals surface area contributed by atoms with Gasteiger partial charge < -0.3 is 14.2 Å². The van der Waals surface area contributed by atoms with E-state index in [1.165, 1.54) is 11.1 Å². The Morgan fingerprint density at radius 2 is 1.73 bits per heavy atom. The molecule has 4 heteroatoms. The maximum Gasteiger partial charge on any atom is 0.231 e. The first-order chi connectivity index (χ1) is 14.5. The molecule has 0 bridgehead atoms. The molecule has 3 aromatic carbocycles. The molecular formula is C26H24O4. The van der Waals surface area contributed by atoms with E-state index in [0.29, 0.717) is 29.4 Å². The van der Waals surface area contributed by atoms with Crippen molar-refractivity contribution in [3.05, 3.63) is 93.7 Å². The quantitative estimate of drug-likeness (QED) is 0.507. The molecule has 152 valence electrons. The monoisotopic (exact) mass is 400 g/mol. The van der Waals surface area contributed by atoms with E-state index in [4.69, 9.17) is 14.2 Å². The van der Waals surface area contributed by atoms with Gasteiger partial charge in [-0.2, -0.15) is 0 Å². The van der Waals surface area contributed by atoms with Crippen molar-refractivity contribution in [3.63, 3.8) is 0 Å². The number of fused-ring (bicyclic) bond motifs is 1. The van der Waals surface area contributed by atoms with Crippen LogP contribution >= 0.6 is 0 Å². The van der Waals surface area contributed by atoms with E-state index in [9.17, 15) is 4.79 Å². The van der Waals surface area contributed by atoms with Crippen LogP contribution < -0.4 is 14.2 Å². The highest BCUT2D eigenvalue weighted by atomic mass is 16.5. The summed E-state index contributed by atoms with van der Waals surface area (Å²) in [4.78, 5) is 12.8. The highest BCUT2D eigenvalue weighted by Gasteiger charge is 2.30. The number of Topliss-reactive ketones (excluding diaryl/α,β-unsaturated/α-hetero) is 1. The summed E-state index contributed by atoms with van der Waals surface area (Å²) in [6, 6.07) is 17.4. The van der Waals surface area contributed by atoms with Crippen molar-refractivity contribution < 1.29 is 19.0 Å². The number of ketones is 1. The van der Waals surface area contributed by atoms with Gasteiger partial charge in [0.2, 0.25) is 5.78 Å². The van der Waals surface area contributed by atoms with Crippen molar-refractivity contribution in [2.75, 3.05) is 7.11 Å². The van der Waals surface area contributed by atoms with Gasteiger partial charge in [-0.05, 0) is 67.8 Å². The Morgan fingerprint density at radius 1 is 0.967 bits per heavy atom.